The minimum Gasteiger partial charge on any atom is -0.360 e. The molecule has 0 radical (unpaired) electrons. The molecule has 3 rings (SSSR count). The van der Waals surface area contributed by atoms with Crippen LogP contribution in [-0.4, -0.2) is 33.0 Å². The third-order valence-electron chi connectivity index (χ3n) is 3.73. The lowest BCUT2D eigenvalue weighted by Gasteiger charge is -2.09. The molecule has 2 aromatic heterocycles. The Morgan fingerprint density at radius 3 is 2.75 bits per heavy atom. The van der Waals surface area contributed by atoms with Gasteiger partial charge in [0.2, 0.25) is 11.8 Å². The number of benzene rings is 1. The summed E-state index contributed by atoms with van der Waals surface area (Å²) >= 11 is 2.69. The summed E-state index contributed by atoms with van der Waals surface area (Å²) in [4.78, 5) is 29.6. The van der Waals surface area contributed by atoms with Crippen molar-refractivity contribution in [2.24, 2.45) is 0 Å². The molecule has 7 nitrogen and oxygen atoms in total. The van der Waals surface area contributed by atoms with Gasteiger partial charge in [-0.25, -0.2) is 4.98 Å². The maximum Gasteiger partial charge on any atom is 0.238 e. The summed E-state index contributed by atoms with van der Waals surface area (Å²) in [7, 11) is 0. The summed E-state index contributed by atoms with van der Waals surface area (Å²) in [5.41, 5.74) is 1.20. The maximum atomic E-state index is 12.1. The van der Waals surface area contributed by atoms with E-state index in [0.29, 0.717) is 16.7 Å². The Bertz CT molecular complexity index is 940. The van der Waals surface area contributed by atoms with Crippen LogP contribution in [-0.2, 0) is 16.0 Å². The fourth-order valence-corrected chi connectivity index (χ4v) is 3.88. The lowest BCUT2D eigenvalue weighted by molar-refractivity contribution is -0.115. The van der Waals surface area contributed by atoms with E-state index in [9.17, 15) is 9.59 Å². The largest absolute Gasteiger partial charge is 0.360 e. The fraction of sp³-hybridized carbons (Fsp3) is 0.263. The molecule has 0 aliphatic rings. The van der Waals surface area contributed by atoms with Crippen LogP contribution in [0.15, 0.2) is 47.1 Å². The minimum absolute atomic E-state index is 0.153. The normalized spacial score (nSPS) is 11.8. The zero-order valence-corrected chi connectivity index (χ0v) is 17.1. The first-order chi connectivity index (χ1) is 13.5. The van der Waals surface area contributed by atoms with E-state index in [-0.39, 0.29) is 17.6 Å². The lowest BCUT2D eigenvalue weighted by atomic mass is 10.1. The SMILES string of the molecule is Cc1cc(NC(=O)C(C)SCC(=O)Nc2ncc(Cc3ccccc3)s2)no1. The van der Waals surface area contributed by atoms with Crippen LogP contribution in [0.3, 0.4) is 0 Å². The number of aryl methyl sites for hydroxylation is 1. The molecule has 146 valence electrons. The highest BCUT2D eigenvalue weighted by molar-refractivity contribution is 8.01. The van der Waals surface area contributed by atoms with E-state index in [4.69, 9.17) is 4.52 Å². The van der Waals surface area contributed by atoms with Crippen molar-refractivity contribution < 1.29 is 14.1 Å². The second kappa shape index (κ2) is 9.52. The maximum absolute atomic E-state index is 12.1. The number of thioether (sulfide) groups is 1. The Hall–Kier alpha value is -2.65. The Labute approximate surface area is 170 Å². The average Bonchev–Trinajstić information content (AvgIpc) is 3.29. The number of rotatable bonds is 8. The van der Waals surface area contributed by atoms with Gasteiger partial charge < -0.3 is 15.2 Å². The molecule has 0 saturated heterocycles. The molecule has 0 saturated carbocycles. The van der Waals surface area contributed by atoms with Crippen LogP contribution in [0.5, 0.6) is 0 Å². The van der Waals surface area contributed by atoms with E-state index in [1.54, 1.807) is 26.1 Å². The predicted octanol–water partition coefficient (Wildman–Crippen LogP) is 3.73. The number of thiazole rings is 1. The molecular formula is C19H20N4O3S2. The minimum atomic E-state index is -0.410. The van der Waals surface area contributed by atoms with Gasteiger partial charge in [-0.1, -0.05) is 35.5 Å². The number of carbonyl (C=O) groups is 2. The van der Waals surface area contributed by atoms with Gasteiger partial charge in [-0.2, -0.15) is 0 Å². The molecule has 2 N–H and O–H groups in total. The fourth-order valence-electron chi connectivity index (χ4n) is 2.33. The third-order valence-corrected chi connectivity index (χ3v) is 5.79. The molecule has 2 amide bonds. The first-order valence-corrected chi connectivity index (χ1v) is 10.5. The van der Waals surface area contributed by atoms with Crippen LogP contribution in [0, 0.1) is 6.92 Å². The van der Waals surface area contributed by atoms with Gasteiger partial charge >= 0.3 is 0 Å². The molecule has 0 fully saturated rings. The molecule has 2 heterocycles. The molecule has 1 atom stereocenters. The number of carbonyl (C=O) groups excluding carboxylic acids is 2. The number of aromatic nitrogens is 2. The molecule has 1 unspecified atom stereocenters. The number of hydrogen-bond acceptors (Lipinski definition) is 7. The van der Waals surface area contributed by atoms with Gasteiger partial charge in [0.05, 0.1) is 11.0 Å². The first kappa shape index (κ1) is 20.1. The quantitative estimate of drug-likeness (QED) is 0.581. The standard InChI is InChI=1S/C19H20N4O3S2/c1-12-8-16(23-26-12)21-18(25)13(2)27-11-17(24)22-19-20-10-15(28-19)9-14-6-4-3-5-7-14/h3-8,10,13H,9,11H2,1-2H3,(H,20,22,24)(H,21,23,25). The lowest BCUT2D eigenvalue weighted by Crippen LogP contribution is -2.25. The van der Waals surface area contributed by atoms with E-state index in [0.717, 1.165) is 11.3 Å². The van der Waals surface area contributed by atoms with Crippen molar-refractivity contribution in [1.82, 2.24) is 10.1 Å². The monoisotopic (exact) mass is 416 g/mol. The van der Waals surface area contributed by atoms with Gasteiger partial charge in [0, 0.05) is 23.6 Å². The summed E-state index contributed by atoms with van der Waals surface area (Å²) in [6.45, 7) is 3.48. The number of nitrogens with one attached hydrogen (secondary N) is 2. The van der Waals surface area contributed by atoms with Crippen molar-refractivity contribution in [2.45, 2.75) is 25.5 Å². The van der Waals surface area contributed by atoms with Gasteiger partial charge in [-0.05, 0) is 19.4 Å². The second-order valence-corrected chi connectivity index (χ2v) is 8.55. The average molecular weight is 417 g/mol. The third kappa shape index (κ3) is 5.93. The highest BCUT2D eigenvalue weighted by atomic mass is 32.2. The summed E-state index contributed by atoms with van der Waals surface area (Å²) in [6.07, 6.45) is 2.55. The molecule has 9 heteroatoms. The number of anilines is 2. The molecule has 0 bridgehead atoms. The van der Waals surface area contributed by atoms with Gasteiger partial charge in [-0.3, -0.25) is 9.59 Å². The molecule has 3 aromatic rings. The van der Waals surface area contributed by atoms with Crippen LogP contribution in [0.4, 0.5) is 10.9 Å². The number of amides is 2. The van der Waals surface area contributed by atoms with Gasteiger partial charge in [0.25, 0.3) is 0 Å². The number of hydrogen-bond donors (Lipinski definition) is 2. The van der Waals surface area contributed by atoms with Crippen LogP contribution in [0.1, 0.15) is 23.1 Å². The van der Waals surface area contributed by atoms with E-state index < -0.39 is 5.25 Å². The Kier molecular flexibility index (Phi) is 6.83. The predicted molar refractivity (Wildman–Crippen MR) is 112 cm³/mol. The molecule has 0 aliphatic carbocycles. The highest BCUT2D eigenvalue weighted by Crippen LogP contribution is 2.22. The van der Waals surface area contributed by atoms with Gasteiger partial charge in [0.15, 0.2) is 10.9 Å². The molecule has 28 heavy (non-hydrogen) atoms. The summed E-state index contributed by atoms with van der Waals surface area (Å²) in [6, 6.07) is 11.7. The van der Waals surface area contributed by atoms with Gasteiger partial charge in [-0.15, -0.1) is 23.1 Å². The van der Waals surface area contributed by atoms with E-state index in [2.05, 4.69) is 32.9 Å². The molecule has 1 aromatic carbocycles. The summed E-state index contributed by atoms with van der Waals surface area (Å²) in [5.74, 6) is 0.714. The zero-order valence-electron chi connectivity index (χ0n) is 15.5. The van der Waals surface area contributed by atoms with Crippen LogP contribution in [0.25, 0.3) is 0 Å². The van der Waals surface area contributed by atoms with Gasteiger partial charge in [0.1, 0.15) is 5.76 Å². The molecule has 0 spiro atoms. The van der Waals surface area contributed by atoms with E-state index in [1.807, 2.05) is 18.2 Å². The Balaban J connectivity index is 1.43. The number of nitrogens with zero attached hydrogens (tertiary/aromatic N) is 2. The van der Waals surface area contributed by atoms with Crippen molar-refractivity contribution in [1.29, 1.82) is 0 Å². The molecular weight excluding hydrogens is 396 g/mol. The van der Waals surface area contributed by atoms with Crippen LogP contribution >= 0.6 is 23.1 Å². The van der Waals surface area contributed by atoms with Crippen molar-refractivity contribution >= 4 is 45.9 Å². The second-order valence-electron chi connectivity index (χ2n) is 6.11. The first-order valence-electron chi connectivity index (χ1n) is 8.64. The Morgan fingerprint density at radius 1 is 1.25 bits per heavy atom. The van der Waals surface area contributed by atoms with Crippen molar-refractivity contribution in [2.75, 3.05) is 16.4 Å². The zero-order chi connectivity index (χ0) is 19.9. The smallest absolute Gasteiger partial charge is 0.238 e. The van der Waals surface area contributed by atoms with E-state index in [1.165, 1.54) is 28.7 Å². The summed E-state index contributed by atoms with van der Waals surface area (Å²) in [5, 5.41) is 9.31. The van der Waals surface area contributed by atoms with E-state index >= 15 is 0 Å². The molecule has 0 aliphatic heterocycles. The highest BCUT2D eigenvalue weighted by Gasteiger charge is 2.17. The van der Waals surface area contributed by atoms with Crippen LogP contribution in [0.2, 0.25) is 0 Å². The van der Waals surface area contributed by atoms with Crippen molar-refractivity contribution in [3.05, 3.63) is 58.8 Å². The summed E-state index contributed by atoms with van der Waals surface area (Å²) < 4.78 is 4.91. The topological polar surface area (TPSA) is 97.1 Å². The van der Waals surface area contributed by atoms with Crippen molar-refractivity contribution in [3.63, 3.8) is 0 Å². The Morgan fingerprint density at radius 2 is 2.04 bits per heavy atom. The van der Waals surface area contributed by atoms with Crippen molar-refractivity contribution in [3.8, 4) is 0 Å². The van der Waals surface area contributed by atoms with Crippen LogP contribution < -0.4 is 10.6 Å².